The van der Waals surface area contributed by atoms with Gasteiger partial charge in [0.15, 0.2) is 11.6 Å². The summed E-state index contributed by atoms with van der Waals surface area (Å²) in [5.74, 6) is -0.246. The third-order valence-corrected chi connectivity index (χ3v) is 3.89. The van der Waals surface area contributed by atoms with Crippen molar-refractivity contribution in [3.05, 3.63) is 34.9 Å². The van der Waals surface area contributed by atoms with Crippen LogP contribution in [-0.4, -0.2) is 24.0 Å². The molecule has 0 fully saturated rings. The second kappa shape index (κ2) is 10.7. The number of ketones is 2. The van der Waals surface area contributed by atoms with E-state index in [1.807, 2.05) is 20.8 Å². The van der Waals surface area contributed by atoms with Gasteiger partial charge in [-0.05, 0) is 37.5 Å². The SMILES string of the molecule is CCCCC(=O)c1cc(C(=O)CCCC)cc(C(=O)NCCC)c1. The average molecular weight is 331 g/mol. The number of hydrogen-bond acceptors (Lipinski definition) is 3. The number of hydrogen-bond donors (Lipinski definition) is 1. The molecule has 0 unspecified atom stereocenters. The molecular weight excluding hydrogens is 302 g/mol. The van der Waals surface area contributed by atoms with Crippen molar-refractivity contribution in [2.75, 3.05) is 6.54 Å². The van der Waals surface area contributed by atoms with Crippen LogP contribution in [0.2, 0.25) is 0 Å². The molecule has 0 heterocycles. The molecule has 0 aliphatic heterocycles. The Morgan fingerprint density at radius 2 is 1.21 bits per heavy atom. The molecule has 1 aromatic rings. The van der Waals surface area contributed by atoms with Crippen molar-refractivity contribution in [1.82, 2.24) is 5.32 Å². The van der Waals surface area contributed by atoms with Gasteiger partial charge in [0, 0.05) is 36.1 Å². The number of carbonyl (C=O) groups is 3. The summed E-state index contributed by atoms with van der Waals surface area (Å²) < 4.78 is 0. The van der Waals surface area contributed by atoms with Crippen LogP contribution in [-0.2, 0) is 0 Å². The Kier molecular flexibility index (Phi) is 8.98. The molecule has 0 radical (unpaired) electrons. The van der Waals surface area contributed by atoms with Crippen LogP contribution < -0.4 is 5.32 Å². The molecule has 1 rings (SSSR count). The lowest BCUT2D eigenvalue weighted by Crippen LogP contribution is -2.24. The summed E-state index contributed by atoms with van der Waals surface area (Å²) in [5, 5.41) is 2.81. The monoisotopic (exact) mass is 331 g/mol. The number of unbranched alkanes of at least 4 members (excludes halogenated alkanes) is 2. The first-order chi connectivity index (χ1) is 11.5. The largest absolute Gasteiger partial charge is 0.352 e. The third kappa shape index (κ3) is 6.26. The van der Waals surface area contributed by atoms with Crippen molar-refractivity contribution in [1.29, 1.82) is 0 Å². The van der Waals surface area contributed by atoms with Crippen LogP contribution in [0.15, 0.2) is 18.2 Å². The van der Waals surface area contributed by atoms with E-state index in [2.05, 4.69) is 5.32 Å². The quantitative estimate of drug-likeness (QED) is 0.604. The predicted molar refractivity (Wildman–Crippen MR) is 96.8 cm³/mol. The molecule has 0 atom stereocenters. The number of rotatable bonds is 11. The van der Waals surface area contributed by atoms with E-state index in [4.69, 9.17) is 0 Å². The van der Waals surface area contributed by atoms with Crippen LogP contribution in [0, 0.1) is 0 Å². The molecule has 4 heteroatoms. The van der Waals surface area contributed by atoms with Gasteiger partial charge in [-0.2, -0.15) is 0 Å². The Morgan fingerprint density at radius 1 is 0.750 bits per heavy atom. The smallest absolute Gasteiger partial charge is 0.251 e. The summed E-state index contributed by atoms with van der Waals surface area (Å²) in [6.45, 7) is 6.61. The summed E-state index contributed by atoms with van der Waals surface area (Å²) >= 11 is 0. The Morgan fingerprint density at radius 3 is 1.62 bits per heavy atom. The van der Waals surface area contributed by atoms with Gasteiger partial charge >= 0.3 is 0 Å². The third-order valence-electron chi connectivity index (χ3n) is 3.89. The van der Waals surface area contributed by atoms with Crippen molar-refractivity contribution < 1.29 is 14.4 Å². The lowest BCUT2D eigenvalue weighted by Gasteiger charge is -2.09. The standard InChI is InChI=1S/C20H29NO3/c1-4-7-9-18(22)15-12-16(19(23)10-8-5-2)14-17(13-15)20(24)21-11-6-3/h12-14H,4-11H2,1-3H3,(H,21,24). The van der Waals surface area contributed by atoms with E-state index in [1.54, 1.807) is 18.2 Å². The fraction of sp³-hybridized carbons (Fsp3) is 0.550. The van der Waals surface area contributed by atoms with Gasteiger partial charge in [-0.25, -0.2) is 0 Å². The van der Waals surface area contributed by atoms with E-state index in [9.17, 15) is 14.4 Å². The van der Waals surface area contributed by atoms with E-state index in [0.717, 1.165) is 32.1 Å². The second-order valence-electron chi connectivity index (χ2n) is 6.11. The minimum Gasteiger partial charge on any atom is -0.352 e. The van der Waals surface area contributed by atoms with Crippen LogP contribution in [0.1, 0.15) is 96.8 Å². The molecule has 0 spiro atoms. The number of Topliss-reactive ketones (excluding diaryl/α,β-unsaturated/α-hetero) is 2. The first-order valence-corrected chi connectivity index (χ1v) is 9.03. The van der Waals surface area contributed by atoms with E-state index >= 15 is 0 Å². The second-order valence-corrected chi connectivity index (χ2v) is 6.11. The Hall–Kier alpha value is -1.97. The molecule has 0 aliphatic carbocycles. The number of nitrogens with one attached hydrogen (secondary N) is 1. The maximum Gasteiger partial charge on any atom is 0.251 e. The molecule has 0 saturated carbocycles. The van der Waals surface area contributed by atoms with Crippen molar-refractivity contribution in [3.8, 4) is 0 Å². The lowest BCUT2D eigenvalue weighted by molar-refractivity contribution is 0.0953. The van der Waals surface area contributed by atoms with Gasteiger partial charge in [0.25, 0.3) is 5.91 Å². The molecule has 132 valence electrons. The van der Waals surface area contributed by atoms with E-state index in [0.29, 0.717) is 36.1 Å². The minimum absolute atomic E-state index is 0.00784. The minimum atomic E-state index is -0.230. The fourth-order valence-corrected chi connectivity index (χ4v) is 2.38. The number of amides is 1. The molecule has 1 aromatic carbocycles. The highest BCUT2D eigenvalue weighted by Crippen LogP contribution is 2.16. The summed E-state index contributed by atoms with van der Waals surface area (Å²) in [4.78, 5) is 36.9. The predicted octanol–water partition coefficient (Wildman–Crippen LogP) is 4.57. The zero-order chi connectivity index (χ0) is 17.9. The molecule has 0 bridgehead atoms. The van der Waals surface area contributed by atoms with Crippen LogP contribution >= 0.6 is 0 Å². The van der Waals surface area contributed by atoms with E-state index in [-0.39, 0.29) is 17.5 Å². The van der Waals surface area contributed by atoms with Crippen molar-refractivity contribution >= 4 is 17.5 Å². The summed E-state index contributed by atoms with van der Waals surface area (Å²) in [7, 11) is 0. The molecule has 0 aliphatic rings. The topological polar surface area (TPSA) is 63.2 Å². The first-order valence-electron chi connectivity index (χ1n) is 9.03. The fourth-order valence-electron chi connectivity index (χ4n) is 2.38. The molecule has 0 saturated heterocycles. The maximum absolute atomic E-state index is 12.3. The van der Waals surface area contributed by atoms with Gasteiger partial charge in [0.1, 0.15) is 0 Å². The first kappa shape index (κ1) is 20.1. The molecular formula is C20H29NO3. The molecule has 24 heavy (non-hydrogen) atoms. The maximum atomic E-state index is 12.3. The molecule has 0 aromatic heterocycles. The van der Waals surface area contributed by atoms with Crippen molar-refractivity contribution in [2.45, 2.75) is 65.7 Å². The van der Waals surface area contributed by atoms with Gasteiger partial charge < -0.3 is 5.32 Å². The van der Waals surface area contributed by atoms with Crippen LogP contribution in [0.5, 0.6) is 0 Å². The zero-order valence-corrected chi connectivity index (χ0v) is 15.1. The van der Waals surface area contributed by atoms with Gasteiger partial charge in [-0.15, -0.1) is 0 Å². The highest BCUT2D eigenvalue weighted by Gasteiger charge is 2.16. The lowest BCUT2D eigenvalue weighted by atomic mass is 9.96. The van der Waals surface area contributed by atoms with Crippen LogP contribution in [0.25, 0.3) is 0 Å². The Bertz CT molecular complexity index is 485. The molecule has 1 N–H and O–H groups in total. The van der Waals surface area contributed by atoms with Crippen molar-refractivity contribution in [3.63, 3.8) is 0 Å². The van der Waals surface area contributed by atoms with Crippen molar-refractivity contribution in [2.24, 2.45) is 0 Å². The zero-order valence-electron chi connectivity index (χ0n) is 15.1. The van der Waals surface area contributed by atoms with Crippen LogP contribution in [0.3, 0.4) is 0 Å². The Balaban J connectivity index is 3.11. The summed E-state index contributed by atoms with van der Waals surface area (Å²) in [6, 6.07) is 4.87. The highest BCUT2D eigenvalue weighted by atomic mass is 16.2. The van der Waals surface area contributed by atoms with E-state index < -0.39 is 0 Å². The number of benzene rings is 1. The van der Waals surface area contributed by atoms with Gasteiger partial charge in [-0.3, -0.25) is 14.4 Å². The summed E-state index contributed by atoms with van der Waals surface area (Å²) in [6.07, 6.45) is 5.21. The molecule has 1 amide bonds. The summed E-state index contributed by atoms with van der Waals surface area (Å²) in [5.41, 5.74) is 1.32. The van der Waals surface area contributed by atoms with E-state index in [1.165, 1.54) is 0 Å². The average Bonchev–Trinajstić information content (AvgIpc) is 2.61. The number of carbonyl (C=O) groups excluding carboxylic acids is 3. The van der Waals surface area contributed by atoms with Gasteiger partial charge in [-0.1, -0.05) is 33.6 Å². The molecule has 4 nitrogen and oxygen atoms in total. The van der Waals surface area contributed by atoms with Gasteiger partial charge in [0.2, 0.25) is 0 Å². The normalized spacial score (nSPS) is 10.5. The Labute approximate surface area is 145 Å². The highest BCUT2D eigenvalue weighted by molar-refractivity contribution is 6.05. The van der Waals surface area contributed by atoms with Crippen LogP contribution in [0.4, 0.5) is 0 Å². The van der Waals surface area contributed by atoms with Gasteiger partial charge in [0.05, 0.1) is 0 Å².